The van der Waals surface area contributed by atoms with Gasteiger partial charge in [-0.3, -0.25) is 9.78 Å². The van der Waals surface area contributed by atoms with Gasteiger partial charge in [0.05, 0.1) is 5.54 Å². The summed E-state index contributed by atoms with van der Waals surface area (Å²) in [7, 11) is 0. The van der Waals surface area contributed by atoms with E-state index in [9.17, 15) is 4.79 Å². The minimum atomic E-state index is -0.153. The van der Waals surface area contributed by atoms with E-state index in [2.05, 4.69) is 25.2 Å². The van der Waals surface area contributed by atoms with Crippen molar-refractivity contribution in [3.63, 3.8) is 0 Å². The zero-order chi connectivity index (χ0) is 16.6. The lowest BCUT2D eigenvalue weighted by Gasteiger charge is -2.42. The summed E-state index contributed by atoms with van der Waals surface area (Å²) in [4.78, 5) is 27.3. The van der Waals surface area contributed by atoms with E-state index in [1.54, 1.807) is 12.4 Å². The standard InChI is InChI=1S/C18H21N5O/c1-13-11-20-17(21-12-13)23-8-4-18(5-9-23)15(10-16(24)22-18)14-2-6-19-7-3-14/h2-3,6-7,11-12,15H,4-5,8-10H2,1H3,(H,22,24). The van der Waals surface area contributed by atoms with Crippen molar-refractivity contribution in [1.29, 1.82) is 0 Å². The van der Waals surface area contributed by atoms with E-state index < -0.39 is 0 Å². The first-order valence-electron chi connectivity index (χ1n) is 8.41. The lowest BCUT2D eigenvalue weighted by molar-refractivity contribution is -0.119. The number of rotatable bonds is 2. The summed E-state index contributed by atoms with van der Waals surface area (Å²) in [6, 6.07) is 4.06. The Morgan fingerprint density at radius 2 is 1.83 bits per heavy atom. The SMILES string of the molecule is Cc1cnc(N2CCC3(CC2)NC(=O)CC3c2ccncc2)nc1. The van der Waals surface area contributed by atoms with Gasteiger partial charge in [-0.2, -0.15) is 0 Å². The molecule has 6 heteroatoms. The normalized spacial score (nSPS) is 22.6. The molecule has 4 heterocycles. The molecule has 1 N–H and O–H groups in total. The molecule has 2 saturated heterocycles. The fourth-order valence-electron chi connectivity index (χ4n) is 3.96. The van der Waals surface area contributed by atoms with Gasteiger partial charge in [0.15, 0.2) is 0 Å². The number of nitrogens with zero attached hydrogens (tertiary/aromatic N) is 4. The van der Waals surface area contributed by atoms with Gasteiger partial charge < -0.3 is 10.2 Å². The van der Waals surface area contributed by atoms with Crippen molar-refractivity contribution in [3.8, 4) is 0 Å². The second-order valence-corrected chi connectivity index (χ2v) is 6.79. The molecule has 1 unspecified atom stereocenters. The number of piperidine rings is 1. The third-order valence-electron chi connectivity index (χ3n) is 5.26. The van der Waals surface area contributed by atoms with Crippen molar-refractivity contribution >= 4 is 11.9 Å². The summed E-state index contributed by atoms with van der Waals surface area (Å²) >= 11 is 0. The van der Waals surface area contributed by atoms with Crippen LogP contribution in [0.2, 0.25) is 0 Å². The summed E-state index contributed by atoms with van der Waals surface area (Å²) in [6.45, 7) is 3.69. The first-order valence-corrected chi connectivity index (χ1v) is 8.41. The molecule has 2 fully saturated rings. The third-order valence-corrected chi connectivity index (χ3v) is 5.26. The van der Waals surface area contributed by atoms with E-state index in [0.29, 0.717) is 6.42 Å². The summed E-state index contributed by atoms with van der Waals surface area (Å²) < 4.78 is 0. The second kappa shape index (κ2) is 5.85. The van der Waals surface area contributed by atoms with Crippen LogP contribution in [0.3, 0.4) is 0 Å². The maximum atomic E-state index is 12.1. The molecule has 24 heavy (non-hydrogen) atoms. The predicted molar refractivity (Wildman–Crippen MR) is 90.7 cm³/mol. The number of carbonyl (C=O) groups is 1. The molecule has 0 aromatic carbocycles. The summed E-state index contributed by atoms with van der Waals surface area (Å²) in [5.41, 5.74) is 2.11. The number of pyridine rings is 1. The van der Waals surface area contributed by atoms with Crippen molar-refractivity contribution in [2.45, 2.75) is 37.6 Å². The third kappa shape index (κ3) is 2.62. The lowest BCUT2D eigenvalue weighted by Crippen LogP contribution is -2.53. The van der Waals surface area contributed by atoms with E-state index in [1.807, 2.05) is 31.5 Å². The second-order valence-electron chi connectivity index (χ2n) is 6.79. The van der Waals surface area contributed by atoms with Crippen molar-refractivity contribution in [2.24, 2.45) is 0 Å². The lowest BCUT2D eigenvalue weighted by atomic mass is 9.74. The highest BCUT2D eigenvalue weighted by Crippen LogP contribution is 2.43. The van der Waals surface area contributed by atoms with Gasteiger partial charge in [-0.25, -0.2) is 9.97 Å². The highest BCUT2D eigenvalue weighted by molar-refractivity contribution is 5.81. The number of carbonyl (C=O) groups excluding carboxylic acids is 1. The number of aryl methyl sites for hydroxylation is 1. The Morgan fingerprint density at radius 1 is 1.17 bits per heavy atom. The van der Waals surface area contributed by atoms with Gasteiger partial charge in [0.1, 0.15) is 0 Å². The molecule has 6 nitrogen and oxygen atoms in total. The zero-order valence-corrected chi connectivity index (χ0v) is 13.8. The molecule has 2 aliphatic heterocycles. The van der Waals surface area contributed by atoms with Gasteiger partial charge in [0.2, 0.25) is 11.9 Å². The molecule has 2 aromatic heterocycles. The minimum Gasteiger partial charge on any atom is -0.350 e. The van der Waals surface area contributed by atoms with Gasteiger partial charge in [-0.05, 0) is 43.0 Å². The molecule has 1 spiro atoms. The number of hydrogen-bond donors (Lipinski definition) is 1. The number of aromatic nitrogens is 3. The number of anilines is 1. The predicted octanol–water partition coefficient (Wildman–Crippen LogP) is 1.82. The number of hydrogen-bond acceptors (Lipinski definition) is 5. The van der Waals surface area contributed by atoms with Gasteiger partial charge >= 0.3 is 0 Å². The summed E-state index contributed by atoms with van der Waals surface area (Å²) in [5.74, 6) is 1.14. The van der Waals surface area contributed by atoms with Crippen LogP contribution in [0, 0.1) is 6.92 Å². The van der Waals surface area contributed by atoms with Crippen LogP contribution in [-0.4, -0.2) is 39.5 Å². The number of nitrogens with one attached hydrogen (secondary N) is 1. The highest BCUT2D eigenvalue weighted by Gasteiger charge is 2.48. The molecule has 0 bridgehead atoms. The average molecular weight is 323 g/mol. The van der Waals surface area contributed by atoms with Crippen molar-refractivity contribution in [1.82, 2.24) is 20.3 Å². The zero-order valence-electron chi connectivity index (χ0n) is 13.8. The Balaban J connectivity index is 1.54. The van der Waals surface area contributed by atoms with Gasteiger partial charge in [0, 0.05) is 50.2 Å². The van der Waals surface area contributed by atoms with Crippen molar-refractivity contribution in [3.05, 3.63) is 48.0 Å². The van der Waals surface area contributed by atoms with E-state index in [4.69, 9.17) is 0 Å². The summed E-state index contributed by atoms with van der Waals surface area (Å²) in [6.07, 6.45) is 9.69. The maximum Gasteiger partial charge on any atom is 0.225 e. The average Bonchev–Trinajstić information content (AvgIpc) is 2.93. The van der Waals surface area contributed by atoms with E-state index in [-0.39, 0.29) is 17.4 Å². The smallest absolute Gasteiger partial charge is 0.225 e. The van der Waals surface area contributed by atoms with Crippen LogP contribution in [0.15, 0.2) is 36.9 Å². The first-order chi connectivity index (χ1) is 11.7. The van der Waals surface area contributed by atoms with E-state index in [0.717, 1.165) is 37.4 Å². The van der Waals surface area contributed by atoms with Crippen LogP contribution < -0.4 is 10.2 Å². The molecular weight excluding hydrogens is 302 g/mol. The van der Waals surface area contributed by atoms with Crippen molar-refractivity contribution in [2.75, 3.05) is 18.0 Å². The molecule has 2 aliphatic rings. The largest absolute Gasteiger partial charge is 0.350 e. The van der Waals surface area contributed by atoms with E-state index >= 15 is 0 Å². The topological polar surface area (TPSA) is 71.0 Å². The molecule has 0 saturated carbocycles. The monoisotopic (exact) mass is 323 g/mol. The molecular formula is C18H21N5O. The van der Waals surface area contributed by atoms with Gasteiger partial charge in [0.25, 0.3) is 0 Å². The molecule has 0 radical (unpaired) electrons. The Morgan fingerprint density at radius 3 is 2.50 bits per heavy atom. The molecule has 4 rings (SSSR count). The summed E-state index contributed by atoms with van der Waals surface area (Å²) in [5, 5.41) is 3.27. The Kier molecular flexibility index (Phi) is 3.67. The van der Waals surface area contributed by atoms with Gasteiger partial charge in [-0.15, -0.1) is 0 Å². The fraction of sp³-hybridized carbons (Fsp3) is 0.444. The Labute approximate surface area is 141 Å². The molecule has 1 atom stereocenters. The number of amides is 1. The highest BCUT2D eigenvalue weighted by atomic mass is 16.2. The van der Waals surface area contributed by atoms with Gasteiger partial charge in [-0.1, -0.05) is 0 Å². The van der Waals surface area contributed by atoms with Crippen LogP contribution in [0.25, 0.3) is 0 Å². The maximum absolute atomic E-state index is 12.1. The first kappa shape index (κ1) is 15.1. The van der Waals surface area contributed by atoms with Crippen molar-refractivity contribution < 1.29 is 4.79 Å². The van der Waals surface area contributed by atoms with Crippen LogP contribution in [0.1, 0.15) is 36.3 Å². The van der Waals surface area contributed by atoms with Crippen LogP contribution in [0.4, 0.5) is 5.95 Å². The van der Waals surface area contributed by atoms with Crippen LogP contribution >= 0.6 is 0 Å². The molecule has 1 amide bonds. The van der Waals surface area contributed by atoms with Crippen LogP contribution in [0.5, 0.6) is 0 Å². The fourth-order valence-corrected chi connectivity index (χ4v) is 3.96. The Bertz CT molecular complexity index is 723. The quantitative estimate of drug-likeness (QED) is 0.913. The molecule has 124 valence electrons. The van der Waals surface area contributed by atoms with E-state index in [1.165, 1.54) is 5.56 Å². The minimum absolute atomic E-state index is 0.150. The molecule has 0 aliphatic carbocycles. The van der Waals surface area contributed by atoms with Crippen LogP contribution in [-0.2, 0) is 4.79 Å². The Hall–Kier alpha value is -2.50. The molecule has 2 aromatic rings.